The zero-order valence-corrected chi connectivity index (χ0v) is 64.1. The van der Waals surface area contributed by atoms with E-state index in [1.165, 1.54) is 77.3 Å². The third-order valence-electron chi connectivity index (χ3n) is 19.5. The molecule has 0 radical (unpaired) electrons. The number of Topliss-reactive ketones (excluding diaryl/α,β-unsaturated/α-hetero) is 1. The number of rotatable bonds is 13. The van der Waals surface area contributed by atoms with Crippen molar-refractivity contribution in [3.05, 3.63) is 104 Å². The predicted octanol–water partition coefficient (Wildman–Crippen LogP) is 9.87. The Balaban J connectivity index is 0.000000274. The van der Waals surface area contributed by atoms with Gasteiger partial charge in [0.15, 0.2) is 17.2 Å². The highest BCUT2D eigenvalue weighted by Gasteiger charge is 2.51. The summed E-state index contributed by atoms with van der Waals surface area (Å²) < 4.78 is 34.8. The first-order valence-corrected chi connectivity index (χ1v) is 36.9. The molecular weight excluding hydrogens is 1440 g/mol. The van der Waals surface area contributed by atoms with Gasteiger partial charge >= 0.3 is 11.8 Å². The van der Waals surface area contributed by atoms with Crippen molar-refractivity contribution in [3.8, 4) is 40.2 Å². The molecule has 6 aliphatic rings. The molecule has 3 saturated heterocycles. The van der Waals surface area contributed by atoms with E-state index in [4.69, 9.17) is 74.8 Å². The van der Waals surface area contributed by atoms with Gasteiger partial charge in [-0.05, 0) is 96.3 Å². The number of nitrogens with one attached hydrogen (secondary N) is 2. The molecule has 568 valence electrons. The lowest BCUT2D eigenvalue weighted by atomic mass is 9.78. The average Bonchev–Trinajstić information content (AvgIpc) is 1.62. The van der Waals surface area contributed by atoms with Crippen molar-refractivity contribution < 1.29 is 93.6 Å². The maximum Gasteiger partial charge on any atom is 0.312 e. The number of piperazine rings is 1. The highest BCUT2D eigenvalue weighted by molar-refractivity contribution is 7.99. The lowest BCUT2D eigenvalue weighted by Gasteiger charge is -2.44. The Bertz CT molecular complexity index is 3740. The number of carbonyl (C=O) groups is 4. The van der Waals surface area contributed by atoms with E-state index < -0.39 is 130 Å². The van der Waals surface area contributed by atoms with E-state index in [0.717, 1.165) is 38.9 Å². The highest BCUT2D eigenvalue weighted by atomic mass is 35.5. The second-order valence-electron chi connectivity index (χ2n) is 27.1. The molecule has 0 aliphatic carbocycles. The Morgan fingerprint density at radius 1 is 0.854 bits per heavy atom. The first-order valence-electron chi connectivity index (χ1n) is 34.0. The van der Waals surface area contributed by atoms with Gasteiger partial charge in [-0.15, -0.1) is 23.4 Å². The monoisotopic (exact) mass is 1530 g/mol. The van der Waals surface area contributed by atoms with Crippen LogP contribution in [0.4, 0.5) is 5.69 Å². The van der Waals surface area contributed by atoms with Crippen molar-refractivity contribution in [3.63, 3.8) is 0 Å². The van der Waals surface area contributed by atoms with Crippen LogP contribution >= 0.6 is 58.2 Å². The van der Waals surface area contributed by atoms with Crippen molar-refractivity contribution in [1.82, 2.24) is 20.1 Å². The number of phenolic OH excluding ortho intramolecular Hbond substituents is 4. The molecule has 2 amide bonds. The summed E-state index contributed by atoms with van der Waals surface area (Å²) in [5, 5.41) is 111. The fraction of sp³-hybridized carbons (Fsp3) is 0.548. The third kappa shape index (κ3) is 19.8. The number of aliphatic hydroxyl groups excluding tert-OH is 5. The predicted molar refractivity (Wildman–Crippen MR) is 397 cm³/mol. The van der Waals surface area contributed by atoms with Crippen LogP contribution in [0.2, 0.25) is 15.1 Å². The lowest BCUT2D eigenvalue weighted by molar-refractivity contribution is -0.205. The number of aromatic hydroxyl groups is 4. The van der Waals surface area contributed by atoms with E-state index in [0.29, 0.717) is 39.8 Å². The number of benzene rings is 4. The summed E-state index contributed by atoms with van der Waals surface area (Å²) in [5.41, 5.74) is -1.05. The molecule has 3 fully saturated rings. The third-order valence-corrected chi connectivity index (χ3v) is 21.4. The Kier molecular flexibility index (Phi) is 30.0. The number of ether oxygens (including phenoxy) is 6. The van der Waals surface area contributed by atoms with Gasteiger partial charge in [0.25, 0.3) is 11.7 Å². The van der Waals surface area contributed by atoms with Crippen LogP contribution in [0.5, 0.6) is 40.2 Å². The number of phenols is 4. The topological polar surface area (TPSA) is 352 Å². The van der Waals surface area contributed by atoms with Crippen molar-refractivity contribution in [2.75, 3.05) is 65.5 Å². The lowest BCUT2D eigenvalue weighted by Crippen LogP contribution is -2.65. The van der Waals surface area contributed by atoms with Crippen molar-refractivity contribution in [1.29, 1.82) is 0 Å². The molecule has 4 aromatic rings. The van der Waals surface area contributed by atoms with Crippen LogP contribution in [0.3, 0.4) is 0 Å². The van der Waals surface area contributed by atoms with Gasteiger partial charge in [-0.25, -0.2) is 0 Å². The molecular formula is C73H98Cl4N6O19S. The normalized spacial score (nSPS) is 30.5. The van der Waals surface area contributed by atoms with E-state index >= 15 is 0 Å². The minimum absolute atomic E-state index is 0.0523. The number of likely N-dealkylation sites (N-methyl/N-ethyl adjacent to an activating group) is 2. The van der Waals surface area contributed by atoms with Gasteiger partial charge in [0.2, 0.25) is 5.91 Å². The van der Waals surface area contributed by atoms with E-state index in [-0.39, 0.29) is 67.9 Å². The molecule has 0 aromatic heterocycles. The summed E-state index contributed by atoms with van der Waals surface area (Å²) >= 11 is 25.0. The van der Waals surface area contributed by atoms with Crippen molar-refractivity contribution in [2.24, 2.45) is 34.7 Å². The number of hydrogen-bond donors (Lipinski definition) is 11. The summed E-state index contributed by atoms with van der Waals surface area (Å²) in [4.78, 5) is 57.6. The van der Waals surface area contributed by atoms with Crippen LogP contribution in [-0.2, 0) is 33.3 Å². The Morgan fingerprint density at radius 2 is 1.50 bits per heavy atom. The van der Waals surface area contributed by atoms with Gasteiger partial charge in [0, 0.05) is 110 Å². The quantitative estimate of drug-likeness (QED) is 0.0195. The second-order valence-corrected chi connectivity index (χ2v) is 30.0. The van der Waals surface area contributed by atoms with Gasteiger partial charge in [-0.3, -0.25) is 29.1 Å². The molecule has 6 heterocycles. The number of fused-ring (bicyclic) bond motifs is 14. The number of anilines is 1. The van der Waals surface area contributed by atoms with Gasteiger partial charge in [-0.1, -0.05) is 94.1 Å². The van der Waals surface area contributed by atoms with E-state index in [9.17, 15) is 65.1 Å². The molecule has 0 saturated carbocycles. The summed E-state index contributed by atoms with van der Waals surface area (Å²) in [6.07, 6.45) is 4.76. The molecule has 4 aromatic carbocycles. The van der Waals surface area contributed by atoms with Crippen molar-refractivity contribution in [2.45, 2.75) is 166 Å². The molecule has 25 nitrogen and oxygen atoms in total. The molecule has 30 heteroatoms. The van der Waals surface area contributed by atoms with Crippen LogP contribution in [0, 0.1) is 36.5 Å². The molecule has 103 heavy (non-hydrogen) atoms. The Morgan fingerprint density at radius 3 is 2.11 bits per heavy atom. The Labute approximate surface area is 625 Å². The number of hydrogen-bond acceptors (Lipinski definition) is 24. The minimum Gasteiger partial charge on any atom is -0.507 e. The van der Waals surface area contributed by atoms with Crippen LogP contribution in [0.25, 0.3) is 10.8 Å². The number of allylic oxidation sites excluding steroid dienone is 2. The molecule has 6 aliphatic heterocycles. The number of aliphatic hydroxyl groups is 5. The van der Waals surface area contributed by atoms with Gasteiger partial charge in [0.05, 0.1) is 75.5 Å². The van der Waals surface area contributed by atoms with Gasteiger partial charge in [0.1, 0.15) is 59.0 Å². The largest absolute Gasteiger partial charge is 0.507 e. The molecule has 0 unspecified atom stereocenters. The molecule has 10 rings (SSSR count). The maximum absolute atomic E-state index is 14.4. The number of halogens is 4. The zero-order chi connectivity index (χ0) is 76.4. The first-order chi connectivity index (χ1) is 48.5. The fourth-order valence-corrected chi connectivity index (χ4v) is 14.8. The minimum atomic E-state index is -2.04. The number of methoxy groups -OCH3 is 1. The summed E-state index contributed by atoms with van der Waals surface area (Å²) in [6.45, 7) is 19.8. The van der Waals surface area contributed by atoms with Crippen LogP contribution in [0.15, 0.2) is 77.6 Å². The number of hydrazone groups is 1. The number of amides is 2. The average molecular weight is 1540 g/mol. The summed E-state index contributed by atoms with van der Waals surface area (Å²) in [6, 6.07) is 8.46. The number of likely N-dealkylation sites (tertiary alicyclic amines) is 1. The number of ketones is 1. The van der Waals surface area contributed by atoms with Crippen molar-refractivity contribution >= 4 is 104 Å². The van der Waals surface area contributed by atoms with E-state index in [2.05, 4.69) is 27.6 Å². The fourth-order valence-electron chi connectivity index (χ4n) is 13.3. The second kappa shape index (κ2) is 36.8. The van der Waals surface area contributed by atoms with Gasteiger partial charge < -0.3 is 89.9 Å². The summed E-state index contributed by atoms with van der Waals surface area (Å²) in [5.74, 6) is -7.36. The maximum atomic E-state index is 14.4. The SMILES string of the molecule is CCC[C@@H]1C[C@@H](C(=O)N[C@@H]([C@H]2O[C@H](SC)[C@H](O)[C@@H](O)[C@H]2O)[C@H](C)Cl)N(C)C1.CO[C@H]1/C=C/O[C@@]2(C)Oc3c(C)c(O)c4c(O)c(c(/C=N/N5CCN(C)CC5)c(O)c4c3C2=O)NC(=O)/C(C)=C\C=C\[C@H](C)[C@H](O)[C@@H](C)[C@@H](O)[C@@H](C)[C@H](OC(C)=O)[C@@H]1C.Oc1cc(Cl)ccc1Oc1ccc(Cl)cc1Cl. The number of alkyl halides is 1. The number of esters is 1. The standard InChI is InChI=1S/C43H58N4O12.C18H33ClN2O5S.C12H7Cl3O2/c1-21-12-11-13-22(2)42(55)45-33-28(20-44-47-17-15-46(9)16-18-47)37(52)30-31(38(33)53)36(51)26(6)40-32(30)41(54)43(8,59-40)57-19-14-29(56-10)23(3)39(58-27(7)48)25(5)35(50)24(4)34(21)49;1-5-6-10-7-11(21(3)8-10)17(25)20-12(9(2)19)16-14(23)13(22)15(24)18(26-16)27-4;13-7-1-3-11(9(15)5-7)17-12-4-2-8(14)6-10(12)16/h11-14,19-21,23-25,29,34-35,39,49-53H,15-18H2,1-10H3,(H,45,55);9-16,18,22-24H,5-8H2,1-4H3,(H,20,25);1-6,16H/b12-11+,19-14+,22-13-,44-20+;;/t21-,23+,24+,25+,29-,34-,35+,39+,43-;9-,10+,11-,12+,13-,14+,15+,16+,18+;/m00./s1. The smallest absolute Gasteiger partial charge is 0.312 e. The van der Waals surface area contributed by atoms with E-state index in [1.807, 2.05) is 19.0 Å². The number of carbonyl (C=O) groups excluding carboxylic acids is 4. The van der Waals surface area contributed by atoms with Crippen LogP contribution < -0.4 is 20.1 Å². The molecule has 18 atom stereocenters. The zero-order valence-electron chi connectivity index (χ0n) is 60.2. The van der Waals surface area contributed by atoms with Gasteiger partial charge in [-0.2, -0.15) is 5.10 Å². The van der Waals surface area contributed by atoms with Crippen LogP contribution in [-0.4, -0.2) is 228 Å². The summed E-state index contributed by atoms with van der Waals surface area (Å²) in [7, 11) is 5.36. The molecule has 0 spiro atoms. The highest BCUT2D eigenvalue weighted by Crippen LogP contribution is 2.55. The molecule has 5 bridgehead atoms. The number of nitrogens with zero attached hydrogens (tertiary/aromatic N) is 4. The Hall–Kier alpha value is -6.34. The number of thioether (sulfide) groups is 1. The van der Waals surface area contributed by atoms with E-state index in [1.54, 1.807) is 88.4 Å². The van der Waals surface area contributed by atoms with Crippen LogP contribution in [0.1, 0.15) is 103 Å². The first kappa shape index (κ1) is 83.9. The molecule has 11 N–H and O–H groups in total.